The lowest BCUT2D eigenvalue weighted by Crippen LogP contribution is -2.30. The zero-order valence-electron chi connectivity index (χ0n) is 9.58. The second-order valence-corrected chi connectivity index (χ2v) is 4.49. The molecule has 0 amide bonds. The van der Waals surface area contributed by atoms with Gasteiger partial charge in [-0.1, -0.05) is 13.8 Å². The lowest BCUT2D eigenvalue weighted by atomic mass is 9.85. The van der Waals surface area contributed by atoms with E-state index in [0.29, 0.717) is 6.42 Å². The molecule has 0 aliphatic carbocycles. The highest BCUT2D eigenvalue weighted by atomic mass is 19.4. The fourth-order valence-corrected chi connectivity index (χ4v) is 1.85. The zero-order valence-corrected chi connectivity index (χ0v) is 9.58. The average Bonchev–Trinajstić information content (AvgIpc) is 2.14. The Morgan fingerprint density at radius 1 is 1.59 bits per heavy atom. The summed E-state index contributed by atoms with van der Waals surface area (Å²) in [7, 11) is 0. The van der Waals surface area contributed by atoms with Crippen LogP contribution in [-0.2, 0) is 4.79 Å². The van der Waals surface area contributed by atoms with Gasteiger partial charge in [0.1, 0.15) is 5.71 Å². The largest absolute Gasteiger partial charge is 0.478 e. The summed E-state index contributed by atoms with van der Waals surface area (Å²) in [6.07, 6.45) is -3.58. The van der Waals surface area contributed by atoms with Crippen LogP contribution in [0.1, 0.15) is 26.7 Å². The molecule has 0 saturated heterocycles. The summed E-state index contributed by atoms with van der Waals surface area (Å²) >= 11 is 0. The normalized spacial score (nSPS) is 21.2. The Kier molecular flexibility index (Phi) is 3.95. The molecule has 1 N–H and O–H groups in total. The van der Waals surface area contributed by atoms with E-state index in [4.69, 9.17) is 5.11 Å². The maximum absolute atomic E-state index is 12.5. The van der Waals surface area contributed by atoms with Crippen molar-refractivity contribution in [3.63, 3.8) is 0 Å². The average molecular weight is 249 g/mol. The van der Waals surface area contributed by atoms with Gasteiger partial charge < -0.3 is 5.11 Å². The van der Waals surface area contributed by atoms with E-state index in [-0.39, 0.29) is 17.9 Å². The topological polar surface area (TPSA) is 49.7 Å². The van der Waals surface area contributed by atoms with Crippen LogP contribution in [-0.4, -0.2) is 23.0 Å². The molecule has 1 aliphatic heterocycles. The maximum atomic E-state index is 12.5. The van der Waals surface area contributed by atoms with Crippen LogP contribution in [0.2, 0.25) is 0 Å². The standard InChI is InChI=1S/C11H14F3NO2/c1-6(2)3-7-4-9(11(12,13)14)15-5-8(7)10(16)17/h5-7H,3-4H2,1-2H3,(H,16,17). The summed E-state index contributed by atoms with van der Waals surface area (Å²) in [6.45, 7) is 3.69. The molecule has 0 aromatic heterocycles. The second kappa shape index (κ2) is 4.89. The van der Waals surface area contributed by atoms with Gasteiger partial charge in [0, 0.05) is 12.6 Å². The molecular weight excluding hydrogens is 235 g/mol. The molecular formula is C11H14F3NO2. The number of alkyl halides is 3. The van der Waals surface area contributed by atoms with Gasteiger partial charge >= 0.3 is 12.1 Å². The highest BCUT2D eigenvalue weighted by Gasteiger charge is 2.40. The number of nitrogens with zero attached hydrogens (tertiary/aromatic N) is 1. The first-order valence-electron chi connectivity index (χ1n) is 5.29. The fourth-order valence-electron chi connectivity index (χ4n) is 1.85. The molecule has 0 bridgehead atoms. The Bertz CT molecular complexity index is 369. The quantitative estimate of drug-likeness (QED) is 0.835. The first kappa shape index (κ1) is 13.7. The van der Waals surface area contributed by atoms with E-state index in [9.17, 15) is 18.0 Å². The minimum Gasteiger partial charge on any atom is -0.478 e. The van der Waals surface area contributed by atoms with Crippen LogP contribution in [0.5, 0.6) is 0 Å². The fraction of sp³-hybridized carbons (Fsp3) is 0.636. The highest BCUT2D eigenvalue weighted by Crippen LogP contribution is 2.32. The highest BCUT2D eigenvalue weighted by molar-refractivity contribution is 5.95. The van der Waals surface area contributed by atoms with Gasteiger partial charge in [0.2, 0.25) is 0 Å². The van der Waals surface area contributed by atoms with Crippen LogP contribution in [0.15, 0.2) is 16.8 Å². The number of halogens is 3. The molecule has 17 heavy (non-hydrogen) atoms. The third-order valence-corrected chi connectivity index (χ3v) is 2.57. The Labute approximate surface area is 97.0 Å². The smallest absolute Gasteiger partial charge is 0.429 e. The lowest BCUT2D eigenvalue weighted by molar-refractivity contribution is -0.133. The molecule has 3 nitrogen and oxygen atoms in total. The van der Waals surface area contributed by atoms with Crippen molar-refractivity contribution in [2.75, 3.05) is 0 Å². The van der Waals surface area contributed by atoms with Crippen LogP contribution < -0.4 is 0 Å². The van der Waals surface area contributed by atoms with E-state index >= 15 is 0 Å². The van der Waals surface area contributed by atoms with Crippen molar-refractivity contribution in [1.82, 2.24) is 0 Å². The number of hydrogen-bond donors (Lipinski definition) is 1. The van der Waals surface area contributed by atoms with Crippen LogP contribution in [0.25, 0.3) is 0 Å². The van der Waals surface area contributed by atoms with Crippen LogP contribution >= 0.6 is 0 Å². The summed E-state index contributed by atoms with van der Waals surface area (Å²) in [5.74, 6) is -1.67. The molecule has 0 fully saturated rings. The van der Waals surface area contributed by atoms with Crippen LogP contribution in [0, 0.1) is 11.8 Å². The molecule has 1 unspecified atom stereocenters. The van der Waals surface area contributed by atoms with E-state index in [1.807, 2.05) is 13.8 Å². The number of aliphatic carboxylic acids is 1. The SMILES string of the molecule is CC(C)CC1CC(C(F)(F)F)=NC=C1C(=O)O. The number of aliphatic imine (C=N–C) groups is 1. The number of hydrogen-bond acceptors (Lipinski definition) is 2. The summed E-state index contributed by atoms with van der Waals surface area (Å²) in [4.78, 5) is 14.1. The van der Waals surface area contributed by atoms with Gasteiger partial charge in [-0.2, -0.15) is 13.2 Å². The zero-order chi connectivity index (χ0) is 13.2. The van der Waals surface area contributed by atoms with Crippen molar-refractivity contribution in [1.29, 1.82) is 0 Å². The molecule has 1 atom stereocenters. The molecule has 0 aromatic rings. The Morgan fingerprint density at radius 3 is 2.59 bits per heavy atom. The van der Waals surface area contributed by atoms with Crippen molar-refractivity contribution in [2.24, 2.45) is 16.8 Å². The van der Waals surface area contributed by atoms with Gasteiger partial charge in [0.05, 0.1) is 5.57 Å². The second-order valence-electron chi connectivity index (χ2n) is 4.49. The summed E-state index contributed by atoms with van der Waals surface area (Å²) < 4.78 is 37.4. The van der Waals surface area contributed by atoms with E-state index in [1.54, 1.807) is 0 Å². The van der Waals surface area contributed by atoms with Gasteiger partial charge in [-0.25, -0.2) is 4.79 Å². The van der Waals surface area contributed by atoms with Gasteiger partial charge in [-0.05, 0) is 18.3 Å². The first-order chi connectivity index (χ1) is 7.71. The molecule has 6 heteroatoms. The number of rotatable bonds is 3. The third kappa shape index (κ3) is 3.57. The molecule has 1 heterocycles. The van der Waals surface area contributed by atoms with Crippen molar-refractivity contribution in [3.05, 3.63) is 11.8 Å². The predicted molar refractivity (Wildman–Crippen MR) is 56.8 cm³/mol. The molecule has 0 radical (unpaired) electrons. The van der Waals surface area contributed by atoms with E-state index < -0.39 is 23.8 Å². The first-order valence-corrected chi connectivity index (χ1v) is 5.29. The third-order valence-electron chi connectivity index (χ3n) is 2.57. The monoisotopic (exact) mass is 249 g/mol. The van der Waals surface area contributed by atoms with Gasteiger partial charge in [0.15, 0.2) is 0 Å². The van der Waals surface area contributed by atoms with Gasteiger partial charge in [0.25, 0.3) is 0 Å². The number of carboxylic acids is 1. The summed E-state index contributed by atoms with van der Waals surface area (Å²) in [6, 6.07) is 0. The Morgan fingerprint density at radius 2 is 2.18 bits per heavy atom. The van der Waals surface area contributed by atoms with Crippen molar-refractivity contribution in [3.8, 4) is 0 Å². The predicted octanol–water partition coefficient (Wildman–Crippen LogP) is 3.02. The van der Waals surface area contributed by atoms with Crippen molar-refractivity contribution in [2.45, 2.75) is 32.9 Å². The van der Waals surface area contributed by atoms with E-state index in [0.717, 1.165) is 6.20 Å². The minimum atomic E-state index is -4.48. The van der Waals surface area contributed by atoms with Crippen molar-refractivity contribution >= 4 is 11.7 Å². The van der Waals surface area contributed by atoms with E-state index in [2.05, 4.69) is 4.99 Å². The molecule has 1 aliphatic rings. The Balaban J connectivity index is 2.97. The van der Waals surface area contributed by atoms with E-state index in [1.165, 1.54) is 0 Å². The summed E-state index contributed by atoms with van der Waals surface area (Å²) in [5.41, 5.74) is -0.931. The molecule has 0 aromatic carbocycles. The summed E-state index contributed by atoms with van der Waals surface area (Å²) in [5, 5.41) is 8.89. The molecule has 1 rings (SSSR count). The maximum Gasteiger partial charge on any atom is 0.429 e. The number of carboxylic acid groups (broad SMARTS) is 1. The number of carbonyl (C=O) groups is 1. The van der Waals surface area contributed by atoms with Crippen molar-refractivity contribution < 1.29 is 23.1 Å². The van der Waals surface area contributed by atoms with Gasteiger partial charge in [-0.15, -0.1) is 0 Å². The molecule has 0 saturated carbocycles. The molecule has 96 valence electrons. The lowest BCUT2D eigenvalue weighted by Gasteiger charge is -2.24. The minimum absolute atomic E-state index is 0.0355. The van der Waals surface area contributed by atoms with Crippen LogP contribution in [0.3, 0.4) is 0 Å². The molecule has 0 spiro atoms. The van der Waals surface area contributed by atoms with Crippen LogP contribution in [0.4, 0.5) is 13.2 Å². The van der Waals surface area contributed by atoms with Gasteiger partial charge in [-0.3, -0.25) is 4.99 Å². The Hall–Kier alpha value is -1.33.